The van der Waals surface area contributed by atoms with Gasteiger partial charge in [-0.05, 0) is 30.5 Å². The molecule has 0 spiro atoms. The molecule has 1 unspecified atom stereocenters. The van der Waals surface area contributed by atoms with Gasteiger partial charge in [0.25, 0.3) is 0 Å². The molecule has 18 heavy (non-hydrogen) atoms. The first kappa shape index (κ1) is 11.6. The molecule has 0 fully saturated rings. The Labute approximate surface area is 111 Å². The van der Waals surface area contributed by atoms with E-state index in [-0.39, 0.29) is 5.92 Å². The van der Waals surface area contributed by atoms with E-state index in [2.05, 4.69) is 21.0 Å². The van der Waals surface area contributed by atoms with E-state index in [0.29, 0.717) is 5.15 Å². The average Bonchev–Trinajstić information content (AvgIpc) is 2.81. The first-order valence-corrected chi connectivity index (χ1v) is 6.63. The SMILES string of the molecule is CCc1nc(Cl)cc(C2CCc3cccnc32)n1. The highest BCUT2D eigenvalue weighted by Gasteiger charge is 2.26. The maximum atomic E-state index is 6.06. The third-order valence-electron chi connectivity index (χ3n) is 3.39. The minimum atomic E-state index is 0.270. The lowest BCUT2D eigenvalue weighted by molar-refractivity contribution is 0.729. The number of aryl methyl sites for hydroxylation is 2. The summed E-state index contributed by atoms with van der Waals surface area (Å²) >= 11 is 6.06. The summed E-state index contributed by atoms with van der Waals surface area (Å²) in [5.41, 5.74) is 3.48. The van der Waals surface area contributed by atoms with E-state index in [1.165, 1.54) is 5.56 Å². The van der Waals surface area contributed by atoms with Gasteiger partial charge in [0.05, 0.1) is 11.4 Å². The van der Waals surface area contributed by atoms with Crippen molar-refractivity contribution in [2.24, 2.45) is 0 Å². The van der Waals surface area contributed by atoms with Crippen LogP contribution in [0.5, 0.6) is 0 Å². The van der Waals surface area contributed by atoms with E-state index in [4.69, 9.17) is 11.6 Å². The van der Waals surface area contributed by atoms with Crippen LogP contribution in [-0.2, 0) is 12.8 Å². The predicted octanol–water partition coefficient (Wildman–Crippen LogP) is 3.17. The Bertz CT molecular complexity index is 583. The third-order valence-corrected chi connectivity index (χ3v) is 3.59. The van der Waals surface area contributed by atoms with E-state index in [0.717, 1.165) is 36.5 Å². The van der Waals surface area contributed by atoms with Gasteiger partial charge in [-0.1, -0.05) is 24.6 Å². The van der Waals surface area contributed by atoms with Crippen LogP contribution in [0.25, 0.3) is 0 Å². The Morgan fingerprint density at radius 2 is 2.28 bits per heavy atom. The van der Waals surface area contributed by atoms with Crippen LogP contribution in [0.1, 0.15) is 42.0 Å². The molecule has 0 radical (unpaired) electrons. The number of pyridine rings is 1. The molecule has 92 valence electrons. The summed E-state index contributed by atoms with van der Waals surface area (Å²) in [4.78, 5) is 13.3. The molecule has 2 heterocycles. The first-order valence-electron chi connectivity index (χ1n) is 6.25. The molecule has 1 aliphatic rings. The molecular formula is C14H14ClN3. The molecule has 2 aromatic heterocycles. The number of nitrogens with zero attached hydrogens (tertiary/aromatic N) is 3. The van der Waals surface area contributed by atoms with Crippen molar-refractivity contribution in [2.75, 3.05) is 0 Å². The summed E-state index contributed by atoms with van der Waals surface area (Å²) in [6, 6.07) is 6.01. The Morgan fingerprint density at radius 3 is 3.11 bits per heavy atom. The zero-order valence-electron chi connectivity index (χ0n) is 10.2. The lowest BCUT2D eigenvalue weighted by Crippen LogP contribution is -2.05. The molecule has 3 nitrogen and oxygen atoms in total. The van der Waals surface area contributed by atoms with E-state index in [1.54, 1.807) is 0 Å². The lowest BCUT2D eigenvalue weighted by Gasteiger charge is -2.11. The Morgan fingerprint density at radius 1 is 1.39 bits per heavy atom. The second kappa shape index (κ2) is 4.65. The van der Waals surface area contributed by atoms with Gasteiger partial charge in [0.2, 0.25) is 0 Å². The number of fused-ring (bicyclic) bond motifs is 1. The number of hydrogen-bond acceptors (Lipinski definition) is 3. The summed E-state index contributed by atoms with van der Waals surface area (Å²) in [6.45, 7) is 2.04. The van der Waals surface area contributed by atoms with Crippen LogP contribution in [0, 0.1) is 0 Å². The predicted molar refractivity (Wildman–Crippen MR) is 70.8 cm³/mol. The minimum absolute atomic E-state index is 0.270. The second-order valence-electron chi connectivity index (χ2n) is 4.52. The fraction of sp³-hybridized carbons (Fsp3) is 0.357. The fourth-order valence-electron chi connectivity index (χ4n) is 2.52. The summed E-state index contributed by atoms with van der Waals surface area (Å²) < 4.78 is 0. The molecule has 1 aliphatic carbocycles. The zero-order chi connectivity index (χ0) is 12.5. The van der Waals surface area contributed by atoms with Crippen molar-refractivity contribution >= 4 is 11.6 Å². The molecule has 0 N–H and O–H groups in total. The van der Waals surface area contributed by atoms with Crippen LogP contribution in [0.2, 0.25) is 5.15 Å². The molecule has 2 aromatic rings. The Balaban J connectivity index is 2.04. The molecule has 0 aliphatic heterocycles. The molecule has 0 saturated heterocycles. The molecule has 4 heteroatoms. The molecule has 1 atom stereocenters. The van der Waals surface area contributed by atoms with Gasteiger partial charge in [0.1, 0.15) is 11.0 Å². The Kier molecular flexibility index (Phi) is 3.00. The van der Waals surface area contributed by atoms with Crippen molar-refractivity contribution in [3.05, 3.63) is 52.3 Å². The van der Waals surface area contributed by atoms with Gasteiger partial charge >= 0.3 is 0 Å². The third kappa shape index (κ3) is 1.99. The van der Waals surface area contributed by atoms with Crippen LogP contribution in [0.15, 0.2) is 24.4 Å². The summed E-state index contributed by atoms with van der Waals surface area (Å²) in [7, 11) is 0. The number of rotatable bonds is 2. The quantitative estimate of drug-likeness (QED) is 0.778. The largest absolute Gasteiger partial charge is 0.260 e. The molecular weight excluding hydrogens is 246 g/mol. The minimum Gasteiger partial charge on any atom is -0.260 e. The highest BCUT2D eigenvalue weighted by Crippen LogP contribution is 2.36. The summed E-state index contributed by atoms with van der Waals surface area (Å²) in [5, 5.41) is 0.529. The van der Waals surface area contributed by atoms with Crippen molar-refractivity contribution in [3.63, 3.8) is 0 Å². The van der Waals surface area contributed by atoms with Gasteiger partial charge in [0.15, 0.2) is 0 Å². The maximum absolute atomic E-state index is 6.06. The number of hydrogen-bond donors (Lipinski definition) is 0. The highest BCUT2D eigenvalue weighted by molar-refractivity contribution is 6.29. The molecule has 3 rings (SSSR count). The van der Waals surface area contributed by atoms with Gasteiger partial charge in [-0.25, -0.2) is 9.97 Å². The van der Waals surface area contributed by atoms with Crippen LogP contribution in [0.3, 0.4) is 0 Å². The van der Waals surface area contributed by atoms with Crippen LogP contribution < -0.4 is 0 Å². The molecule has 0 aromatic carbocycles. The van der Waals surface area contributed by atoms with E-state index < -0.39 is 0 Å². The number of halogens is 1. The molecule has 0 bridgehead atoms. The van der Waals surface area contributed by atoms with Crippen molar-refractivity contribution in [2.45, 2.75) is 32.1 Å². The van der Waals surface area contributed by atoms with Crippen molar-refractivity contribution < 1.29 is 0 Å². The second-order valence-corrected chi connectivity index (χ2v) is 4.91. The van der Waals surface area contributed by atoms with Crippen molar-refractivity contribution in [3.8, 4) is 0 Å². The first-order chi connectivity index (χ1) is 8.78. The zero-order valence-corrected chi connectivity index (χ0v) is 11.0. The van der Waals surface area contributed by atoms with E-state index >= 15 is 0 Å². The highest BCUT2D eigenvalue weighted by atomic mass is 35.5. The van der Waals surface area contributed by atoms with Gasteiger partial charge in [-0.3, -0.25) is 4.98 Å². The monoisotopic (exact) mass is 259 g/mol. The smallest absolute Gasteiger partial charge is 0.133 e. The fourth-order valence-corrected chi connectivity index (χ4v) is 2.73. The molecule has 0 saturated carbocycles. The summed E-state index contributed by atoms with van der Waals surface area (Å²) in [6.07, 6.45) is 4.77. The Hall–Kier alpha value is -1.48. The van der Waals surface area contributed by atoms with Gasteiger partial charge < -0.3 is 0 Å². The van der Waals surface area contributed by atoms with Gasteiger partial charge in [-0.15, -0.1) is 0 Å². The van der Waals surface area contributed by atoms with Crippen molar-refractivity contribution in [1.29, 1.82) is 0 Å². The topological polar surface area (TPSA) is 38.7 Å². The van der Waals surface area contributed by atoms with Gasteiger partial charge in [-0.2, -0.15) is 0 Å². The van der Waals surface area contributed by atoms with Crippen LogP contribution in [-0.4, -0.2) is 15.0 Å². The van der Waals surface area contributed by atoms with E-state index in [1.807, 2.05) is 25.3 Å². The van der Waals surface area contributed by atoms with Crippen LogP contribution in [0.4, 0.5) is 0 Å². The van der Waals surface area contributed by atoms with Gasteiger partial charge in [0, 0.05) is 18.5 Å². The van der Waals surface area contributed by atoms with Crippen LogP contribution >= 0.6 is 11.6 Å². The normalized spacial score (nSPS) is 17.8. The number of aromatic nitrogens is 3. The molecule has 0 amide bonds. The maximum Gasteiger partial charge on any atom is 0.133 e. The average molecular weight is 260 g/mol. The lowest BCUT2D eigenvalue weighted by atomic mass is 10.0. The van der Waals surface area contributed by atoms with E-state index in [9.17, 15) is 0 Å². The standard InChI is InChI=1S/C14H14ClN3/c1-2-13-17-11(8-12(15)18-13)10-6-5-9-4-3-7-16-14(9)10/h3-4,7-8,10H,2,5-6H2,1H3. The summed E-state index contributed by atoms with van der Waals surface area (Å²) in [5.74, 6) is 1.08. The van der Waals surface area contributed by atoms with Crippen molar-refractivity contribution in [1.82, 2.24) is 15.0 Å².